The number of aromatic nitrogens is 2. The van der Waals surface area contributed by atoms with E-state index in [1.54, 1.807) is 12.2 Å². The third-order valence-electron chi connectivity index (χ3n) is 2.25. The van der Waals surface area contributed by atoms with Crippen molar-refractivity contribution in [2.45, 2.75) is 34.6 Å². The number of nitrogens with one attached hydrogen (secondary N) is 1. The van der Waals surface area contributed by atoms with E-state index in [0.717, 1.165) is 27.9 Å². The molecule has 0 spiro atoms. The van der Waals surface area contributed by atoms with Crippen molar-refractivity contribution in [2.24, 2.45) is 0 Å². The zero-order valence-electron chi connectivity index (χ0n) is 12.2. The topological polar surface area (TPSA) is 28.7 Å². The van der Waals surface area contributed by atoms with Crippen LogP contribution in [0.25, 0.3) is 23.2 Å². The van der Waals surface area contributed by atoms with Crippen LogP contribution in [0.4, 0.5) is 0 Å². The number of pyridine rings is 1. The Hall–Kier alpha value is -1.83. The van der Waals surface area contributed by atoms with Gasteiger partial charge in [-0.05, 0) is 24.6 Å². The molecule has 0 saturated heterocycles. The average molecular weight is 244 g/mol. The maximum atomic E-state index is 4.37. The number of nitrogens with zero attached hydrogens (tertiary/aromatic N) is 1. The molecule has 0 bridgehead atoms. The van der Waals surface area contributed by atoms with E-state index in [9.17, 15) is 0 Å². The quantitative estimate of drug-likeness (QED) is 0.771. The number of fused-ring (bicyclic) bond motifs is 1. The first kappa shape index (κ1) is 16.2. The van der Waals surface area contributed by atoms with Gasteiger partial charge >= 0.3 is 0 Å². The maximum Gasteiger partial charge on any atom is 0.0957 e. The first-order chi connectivity index (χ1) is 8.76. The fourth-order valence-electron chi connectivity index (χ4n) is 1.59. The normalized spacial score (nSPS) is 8.72. The van der Waals surface area contributed by atoms with E-state index >= 15 is 0 Å². The Balaban J connectivity index is 0.000000659. The van der Waals surface area contributed by atoms with E-state index in [1.165, 1.54) is 0 Å². The fraction of sp³-hybridized carbons (Fsp3) is 0.312. The smallest absolute Gasteiger partial charge is 0.0957 e. The minimum absolute atomic E-state index is 0.959. The summed E-state index contributed by atoms with van der Waals surface area (Å²) in [5.41, 5.74) is 5.14. The molecule has 2 nitrogen and oxygen atoms in total. The summed E-state index contributed by atoms with van der Waals surface area (Å²) in [6.07, 6.45) is 5.45. The molecule has 0 aliphatic heterocycles. The van der Waals surface area contributed by atoms with Crippen molar-refractivity contribution in [3.63, 3.8) is 0 Å². The molecule has 2 heteroatoms. The molecule has 0 aliphatic carbocycles. The molecule has 2 aromatic heterocycles. The molecule has 0 aromatic carbocycles. The lowest BCUT2D eigenvalue weighted by molar-refractivity contribution is 1.33. The van der Waals surface area contributed by atoms with Crippen molar-refractivity contribution in [3.8, 4) is 0 Å². The summed E-state index contributed by atoms with van der Waals surface area (Å²) in [4.78, 5) is 7.62. The Morgan fingerprint density at radius 3 is 2.22 bits per heavy atom. The minimum atomic E-state index is 0.959. The molecular weight excluding hydrogens is 220 g/mol. The van der Waals surface area contributed by atoms with Crippen molar-refractivity contribution >= 4 is 23.2 Å². The molecule has 0 radical (unpaired) electrons. The maximum absolute atomic E-state index is 4.37. The summed E-state index contributed by atoms with van der Waals surface area (Å²) in [7, 11) is 0. The summed E-state index contributed by atoms with van der Waals surface area (Å²) < 4.78 is 0. The molecule has 0 aliphatic rings. The summed E-state index contributed by atoms with van der Waals surface area (Å²) in [5.74, 6) is 0. The molecule has 98 valence electrons. The van der Waals surface area contributed by atoms with Gasteiger partial charge < -0.3 is 4.98 Å². The zero-order valence-corrected chi connectivity index (χ0v) is 12.2. The number of H-pyrrole nitrogens is 1. The van der Waals surface area contributed by atoms with Crippen molar-refractivity contribution in [1.82, 2.24) is 9.97 Å². The van der Waals surface area contributed by atoms with Crippen molar-refractivity contribution < 1.29 is 0 Å². The fourth-order valence-corrected chi connectivity index (χ4v) is 1.59. The lowest BCUT2D eigenvalue weighted by atomic mass is 10.2. The Morgan fingerprint density at radius 1 is 1.11 bits per heavy atom. The highest BCUT2D eigenvalue weighted by atomic mass is 14.8. The van der Waals surface area contributed by atoms with Crippen LogP contribution in [-0.4, -0.2) is 9.97 Å². The van der Waals surface area contributed by atoms with Crippen LogP contribution >= 0.6 is 0 Å². The number of aromatic amines is 1. The van der Waals surface area contributed by atoms with E-state index in [1.807, 2.05) is 40.8 Å². The Morgan fingerprint density at radius 2 is 1.72 bits per heavy atom. The number of hydrogen-bond acceptors (Lipinski definition) is 1. The van der Waals surface area contributed by atoms with Gasteiger partial charge in [-0.2, -0.15) is 0 Å². The van der Waals surface area contributed by atoms with E-state index in [4.69, 9.17) is 0 Å². The standard InChI is InChI=1S/C12H12N2.2C2H6/c1-4-9-10(5-2)14-11-6-8(3)7-13-12(9)11;2*1-2/h4-7,14H,1-2H2,3H3;2*1-2H3. The third kappa shape index (κ3) is 3.33. The Labute approximate surface area is 110 Å². The molecule has 0 atom stereocenters. The van der Waals surface area contributed by atoms with Gasteiger partial charge in [-0.1, -0.05) is 46.9 Å². The van der Waals surface area contributed by atoms with E-state index in [2.05, 4.69) is 29.2 Å². The van der Waals surface area contributed by atoms with Crippen LogP contribution in [0.15, 0.2) is 25.4 Å². The van der Waals surface area contributed by atoms with Crippen LogP contribution in [0, 0.1) is 6.92 Å². The largest absolute Gasteiger partial charge is 0.353 e. The van der Waals surface area contributed by atoms with Crippen molar-refractivity contribution in [3.05, 3.63) is 42.2 Å². The van der Waals surface area contributed by atoms with Gasteiger partial charge in [-0.15, -0.1) is 0 Å². The van der Waals surface area contributed by atoms with Gasteiger partial charge in [-0.3, -0.25) is 4.98 Å². The molecule has 0 fully saturated rings. The summed E-state index contributed by atoms with van der Waals surface area (Å²) in [5, 5.41) is 0. The van der Waals surface area contributed by atoms with Gasteiger partial charge in [-0.25, -0.2) is 0 Å². The van der Waals surface area contributed by atoms with Crippen molar-refractivity contribution in [1.29, 1.82) is 0 Å². The van der Waals surface area contributed by atoms with E-state index < -0.39 is 0 Å². The average Bonchev–Trinajstić information content (AvgIpc) is 2.79. The molecule has 0 amide bonds. The van der Waals surface area contributed by atoms with Gasteiger partial charge in [0.1, 0.15) is 0 Å². The second-order valence-electron chi connectivity index (χ2n) is 3.27. The number of rotatable bonds is 2. The number of aryl methyl sites for hydroxylation is 1. The second-order valence-corrected chi connectivity index (χ2v) is 3.27. The highest BCUT2D eigenvalue weighted by molar-refractivity contribution is 5.89. The first-order valence-electron chi connectivity index (χ1n) is 6.49. The predicted molar refractivity (Wildman–Crippen MR) is 83.7 cm³/mol. The van der Waals surface area contributed by atoms with Gasteiger partial charge in [0.05, 0.1) is 11.0 Å². The van der Waals surface area contributed by atoms with Crippen LogP contribution < -0.4 is 0 Å². The first-order valence-corrected chi connectivity index (χ1v) is 6.49. The molecule has 2 heterocycles. The lowest BCUT2D eigenvalue weighted by Crippen LogP contribution is -1.78. The van der Waals surface area contributed by atoms with Crippen molar-refractivity contribution in [2.75, 3.05) is 0 Å². The number of hydrogen-bond donors (Lipinski definition) is 1. The molecule has 0 unspecified atom stereocenters. The van der Waals surface area contributed by atoms with Crippen LogP contribution in [0.5, 0.6) is 0 Å². The van der Waals surface area contributed by atoms with Crippen LogP contribution in [-0.2, 0) is 0 Å². The molecule has 18 heavy (non-hydrogen) atoms. The van der Waals surface area contributed by atoms with Gasteiger partial charge in [0.2, 0.25) is 0 Å². The molecule has 0 saturated carbocycles. The van der Waals surface area contributed by atoms with E-state index in [-0.39, 0.29) is 0 Å². The molecule has 2 rings (SSSR count). The summed E-state index contributed by atoms with van der Waals surface area (Å²) in [6.45, 7) is 17.5. The van der Waals surface area contributed by atoms with Crippen LogP contribution in [0.1, 0.15) is 44.5 Å². The predicted octanol–water partition coefficient (Wildman–Crippen LogP) is 5.21. The second kappa shape index (κ2) is 8.29. The SMILES string of the molecule is C=Cc1[nH]c2cc(C)cnc2c1C=C.CC.CC. The minimum Gasteiger partial charge on any atom is -0.353 e. The highest BCUT2D eigenvalue weighted by Gasteiger charge is 2.06. The van der Waals surface area contributed by atoms with Gasteiger partial charge in [0.15, 0.2) is 0 Å². The van der Waals surface area contributed by atoms with Gasteiger partial charge in [0.25, 0.3) is 0 Å². The molecule has 2 aromatic rings. The van der Waals surface area contributed by atoms with Crippen LogP contribution in [0.2, 0.25) is 0 Å². The summed E-state index contributed by atoms with van der Waals surface area (Å²) >= 11 is 0. The monoisotopic (exact) mass is 244 g/mol. The zero-order chi connectivity index (χ0) is 14.1. The highest BCUT2D eigenvalue weighted by Crippen LogP contribution is 2.22. The van der Waals surface area contributed by atoms with Crippen LogP contribution in [0.3, 0.4) is 0 Å². The Bertz CT molecular complexity index is 507. The van der Waals surface area contributed by atoms with Gasteiger partial charge in [0, 0.05) is 17.5 Å². The molecule has 1 N–H and O–H groups in total. The van der Waals surface area contributed by atoms with E-state index in [0.29, 0.717) is 0 Å². The summed E-state index contributed by atoms with van der Waals surface area (Å²) in [6, 6.07) is 2.07. The molecular formula is C16H24N2. The third-order valence-corrected chi connectivity index (χ3v) is 2.25. The lowest BCUT2D eigenvalue weighted by Gasteiger charge is -1.92. The Kier molecular flexibility index (Phi) is 7.45.